The van der Waals surface area contributed by atoms with Crippen LogP contribution in [0.1, 0.15) is 11.1 Å². The summed E-state index contributed by atoms with van der Waals surface area (Å²) in [7, 11) is 3.51. The maximum Gasteiger partial charge on any atom is 0.234 e. The van der Waals surface area contributed by atoms with Crippen LogP contribution in [-0.2, 0) is 11.8 Å². The van der Waals surface area contributed by atoms with Crippen LogP contribution in [0.2, 0.25) is 0 Å². The first kappa shape index (κ1) is 19.0. The van der Waals surface area contributed by atoms with E-state index in [1.807, 2.05) is 67.9 Å². The molecule has 0 bridgehead atoms. The molecule has 0 aliphatic heterocycles. The van der Waals surface area contributed by atoms with Gasteiger partial charge in [0.1, 0.15) is 5.75 Å². The minimum atomic E-state index is -0.0752. The first-order chi connectivity index (χ1) is 13.0. The molecule has 2 aromatic carbocycles. The minimum absolute atomic E-state index is 0.0752. The summed E-state index contributed by atoms with van der Waals surface area (Å²) in [5, 5.41) is 12.1. The number of nitrogens with one attached hydrogen (secondary N) is 1. The van der Waals surface area contributed by atoms with Crippen molar-refractivity contribution in [3.8, 4) is 17.1 Å². The molecule has 1 N–H and O–H groups in total. The van der Waals surface area contributed by atoms with Crippen molar-refractivity contribution >= 4 is 23.4 Å². The molecule has 1 amide bonds. The number of anilines is 1. The molecule has 0 aliphatic rings. The normalized spacial score (nSPS) is 10.7. The summed E-state index contributed by atoms with van der Waals surface area (Å²) >= 11 is 1.35. The SMILES string of the molecule is COc1ccccc1-c1nnc(SCC(=O)Nc2ccc(C)cc2C)n1C. The third-order valence-electron chi connectivity index (χ3n) is 4.17. The molecular weight excluding hydrogens is 360 g/mol. The second kappa shape index (κ2) is 8.26. The molecule has 7 heteroatoms. The number of para-hydroxylation sites is 1. The molecule has 0 saturated heterocycles. The highest BCUT2D eigenvalue weighted by molar-refractivity contribution is 7.99. The van der Waals surface area contributed by atoms with Crippen molar-refractivity contribution in [2.75, 3.05) is 18.2 Å². The second-order valence-electron chi connectivity index (χ2n) is 6.22. The van der Waals surface area contributed by atoms with Crippen LogP contribution in [0.5, 0.6) is 5.75 Å². The largest absolute Gasteiger partial charge is 0.496 e. The quantitative estimate of drug-likeness (QED) is 0.656. The van der Waals surface area contributed by atoms with Gasteiger partial charge in [0.15, 0.2) is 11.0 Å². The molecule has 0 radical (unpaired) electrons. The maximum atomic E-state index is 12.3. The van der Waals surface area contributed by atoms with Gasteiger partial charge in [-0.25, -0.2) is 0 Å². The lowest BCUT2D eigenvalue weighted by molar-refractivity contribution is -0.113. The van der Waals surface area contributed by atoms with E-state index in [2.05, 4.69) is 15.5 Å². The first-order valence-electron chi connectivity index (χ1n) is 8.52. The Labute approximate surface area is 163 Å². The highest BCUT2D eigenvalue weighted by atomic mass is 32.2. The van der Waals surface area contributed by atoms with Crippen molar-refractivity contribution < 1.29 is 9.53 Å². The Hall–Kier alpha value is -2.80. The Bertz CT molecular complexity index is 968. The summed E-state index contributed by atoms with van der Waals surface area (Å²) < 4.78 is 7.26. The van der Waals surface area contributed by atoms with E-state index in [-0.39, 0.29) is 11.7 Å². The fourth-order valence-corrected chi connectivity index (χ4v) is 3.49. The average Bonchev–Trinajstić information content (AvgIpc) is 3.02. The van der Waals surface area contributed by atoms with Crippen molar-refractivity contribution in [2.24, 2.45) is 7.05 Å². The van der Waals surface area contributed by atoms with Crippen LogP contribution < -0.4 is 10.1 Å². The predicted octanol–water partition coefficient (Wildman–Crippen LogP) is 3.84. The van der Waals surface area contributed by atoms with Gasteiger partial charge in [-0.3, -0.25) is 4.79 Å². The fourth-order valence-electron chi connectivity index (χ4n) is 2.77. The van der Waals surface area contributed by atoms with Gasteiger partial charge < -0.3 is 14.6 Å². The number of aromatic nitrogens is 3. The summed E-state index contributed by atoms with van der Waals surface area (Å²) in [4.78, 5) is 12.3. The van der Waals surface area contributed by atoms with Gasteiger partial charge in [0.05, 0.1) is 18.4 Å². The van der Waals surface area contributed by atoms with Crippen LogP contribution in [0.3, 0.4) is 0 Å². The fraction of sp³-hybridized carbons (Fsp3) is 0.250. The number of aryl methyl sites for hydroxylation is 2. The van der Waals surface area contributed by atoms with Gasteiger partial charge in [0, 0.05) is 12.7 Å². The van der Waals surface area contributed by atoms with E-state index in [9.17, 15) is 4.79 Å². The van der Waals surface area contributed by atoms with Crippen molar-refractivity contribution in [1.29, 1.82) is 0 Å². The Morgan fingerprint density at radius 1 is 1.19 bits per heavy atom. The summed E-state index contributed by atoms with van der Waals surface area (Å²) in [6.07, 6.45) is 0. The highest BCUT2D eigenvalue weighted by Gasteiger charge is 2.16. The molecule has 0 saturated carbocycles. The molecule has 3 aromatic rings. The smallest absolute Gasteiger partial charge is 0.234 e. The van der Waals surface area contributed by atoms with E-state index in [1.54, 1.807) is 7.11 Å². The van der Waals surface area contributed by atoms with Gasteiger partial charge in [-0.2, -0.15) is 0 Å². The van der Waals surface area contributed by atoms with E-state index in [4.69, 9.17) is 4.74 Å². The third kappa shape index (κ3) is 4.31. The van der Waals surface area contributed by atoms with Crippen molar-refractivity contribution in [3.05, 3.63) is 53.6 Å². The minimum Gasteiger partial charge on any atom is -0.496 e. The molecule has 0 unspecified atom stereocenters. The zero-order valence-corrected chi connectivity index (χ0v) is 16.6. The molecule has 1 aromatic heterocycles. The molecule has 140 valence electrons. The monoisotopic (exact) mass is 382 g/mol. The number of ether oxygens (including phenoxy) is 1. The van der Waals surface area contributed by atoms with E-state index in [0.29, 0.717) is 11.0 Å². The Balaban J connectivity index is 1.68. The summed E-state index contributed by atoms with van der Waals surface area (Å²) in [5.41, 5.74) is 3.91. The van der Waals surface area contributed by atoms with Crippen LogP contribution in [0, 0.1) is 13.8 Å². The average molecular weight is 382 g/mol. The van der Waals surface area contributed by atoms with E-state index in [1.165, 1.54) is 17.3 Å². The summed E-state index contributed by atoms with van der Waals surface area (Å²) in [6, 6.07) is 13.6. The van der Waals surface area contributed by atoms with Gasteiger partial charge in [0.25, 0.3) is 0 Å². The Kier molecular flexibility index (Phi) is 5.81. The lowest BCUT2D eigenvalue weighted by atomic mass is 10.1. The zero-order chi connectivity index (χ0) is 19.4. The van der Waals surface area contributed by atoms with Gasteiger partial charge in [-0.15, -0.1) is 10.2 Å². The number of carbonyl (C=O) groups excluding carboxylic acids is 1. The van der Waals surface area contributed by atoms with Crippen molar-refractivity contribution in [3.63, 3.8) is 0 Å². The number of rotatable bonds is 6. The molecule has 0 spiro atoms. The number of carbonyl (C=O) groups is 1. The Morgan fingerprint density at radius 3 is 2.70 bits per heavy atom. The van der Waals surface area contributed by atoms with Crippen LogP contribution in [0.25, 0.3) is 11.4 Å². The topological polar surface area (TPSA) is 69.0 Å². The van der Waals surface area contributed by atoms with Crippen molar-refractivity contribution in [2.45, 2.75) is 19.0 Å². The standard InChI is InChI=1S/C20H22N4O2S/c1-13-9-10-16(14(2)11-13)21-18(25)12-27-20-23-22-19(24(20)3)15-7-5-6-8-17(15)26-4/h5-11H,12H2,1-4H3,(H,21,25). The van der Waals surface area contributed by atoms with Crippen molar-refractivity contribution in [1.82, 2.24) is 14.8 Å². The van der Waals surface area contributed by atoms with Gasteiger partial charge >= 0.3 is 0 Å². The summed E-state index contributed by atoms with van der Waals surface area (Å²) in [6.45, 7) is 4.01. The lowest BCUT2D eigenvalue weighted by Gasteiger charge is -2.09. The predicted molar refractivity (Wildman–Crippen MR) is 108 cm³/mol. The molecule has 0 fully saturated rings. The Morgan fingerprint density at radius 2 is 1.96 bits per heavy atom. The third-order valence-corrected chi connectivity index (χ3v) is 5.19. The number of benzene rings is 2. The van der Waals surface area contributed by atoms with Crippen LogP contribution in [-0.4, -0.2) is 33.5 Å². The molecule has 27 heavy (non-hydrogen) atoms. The molecule has 1 heterocycles. The highest BCUT2D eigenvalue weighted by Crippen LogP contribution is 2.30. The van der Waals surface area contributed by atoms with Crippen LogP contribution in [0.15, 0.2) is 47.6 Å². The van der Waals surface area contributed by atoms with Gasteiger partial charge in [-0.05, 0) is 37.6 Å². The second-order valence-corrected chi connectivity index (χ2v) is 7.16. The van der Waals surface area contributed by atoms with Crippen LogP contribution >= 0.6 is 11.8 Å². The number of hydrogen-bond acceptors (Lipinski definition) is 5. The molecule has 6 nitrogen and oxygen atoms in total. The van der Waals surface area contributed by atoms with E-state index in [0.717, 1.165) is 22.6 Å². The number of hydrogen-bond donors (Lipinski definition) is 1. The molecule has 0 atom stereocenters. The summed E-state index contributed by atoms with van der Waals surface area (Å²) in [5.74, 6) is 1.61. The maximum absolute atomic E-state index is 12.3. The number of thioether (sulfide) groups is 1. The first-order valence-corrected chi connectivity index (χ1v) is 9.51. The number of nitrogens with zero attached hydrogens (tertiary/aromatic N) is 3. The van der Waals surface area contributed by atoms with E-state index >= 15 is 0 Å². The lowest BCUT2D eigenvalue weighted by Crippen LogP contribution is -2.15. The van der Waals surface area contributed by atoms with Gasteiger partial charge in [0.2, 0.25) is 5.91 Å². The number of methoxy groups -OCH3 is 1. The van der Waals surface area contributed by atoms with Crippen LogP contribution in [0.4, 0.5) is 5.69 Å². The number of amides is 1. The zero-order valence-electron chi connectivity index (χ0n) is 15.8. The van der Waals surface area contributed by atoms with Gasteiger partial charge in [-0.1, -0.05) is 41.6 Å². The molecular formula is C20H22N4O2S. The van der Waals surface area contributed by atoms with E-state index < -0.39 is 0 Å². The molecule has 3 rings (SSSR count). The molecule has 0 aliphatic carbocycles.